The van der Waals surface area contributed by atoms with Crippen LogP contribution in [0.4, 0.5) is 0 Å². The summed E-state index contributed by atoms with van der Waals surface area (Å²) in [5.41, 5.74) is 4.09. The Morgan fingerprint density at radius 1 is 0.875 bits per heavy atom. The molecule has 3 nitrogen and oxygen atoms in total. The van der Waals surface area contributed by atoms with Crippen molar-refractivity contribution in [2.45, 2.75) is 7.71 Å². The zero-order valence-corrected chi connectivity index (χ0v) is 16.3. The molecule has 0 bridgehead atoms. The first-order valence-corrected chi connectivity index (χ1v) is 8.91. The standard InChI is InChI=1S/C15H9Cl6N3/c16-14(17,18)12-8-22-23-24(15(19,20)21)13(12)11-7-3-5-9-4-1-2-6-10(9)11/h1-8,23H. The van der Waals surface area contributed by atoms with Gasteiger partial charge in [0, 0.05) is 11.1 Å². The second-order valence-corrected chi connectivity index (χ2v) is 9.45. The molecule has 0 atom stereocenters. The number of hydrogen-bond donors (Lipinski definition) is 1. The van der Waals surface area contributed by atoms with Crippen LogP contribution in [0.25, 0.3) is 16.5 Å². The average Bonchev–Trinajstić information content (AvgIpc) is 2.52. The summed E-state index contributed by atoms with van der Waals surface area (Å²) in [6, 6.07) is 13.5. The third-order valence-corrected chi connectivity index (χ3v) is 4.55. The Labute approximate surface area is 168 Å². The van der Waals surface area contributed by atoms with Crippen LogP contribution >= 0.6 is 69.6 Å². The lowest BCUT2D eigenvalue weighted by Gasteiger charge is -2.37. The fourth-order valence-electron chi connectivity index (χ4n) is 2.47. The third-order valence-electron chi connectivity index (χ3n) is 3.43. The van der Waals surface area contributed by atoms with Crippen LogP contribution < -0.4 is 5.53 Å². The summed E-state index contributed by atoms with van der Waals surface area (Å²) in [5.74, 6) is 0. The lowest BCUT2D eigenvalue weighted by Crippen LogP contribution is -2.45. The number of alkyl halides is 6. The largest absolute Gasteiger partial charge is 0.286 e. The van der Waals surface area contributed by atoms with E-state index >= 15 is 0 Å². The first-order valence-electron chi connectivity index (χ1n) is 6.65. The maximum absolute atomic E-state index is 6.12. The molecule has 1 N–H and O–H groups in total. The monoisotopic (exact) mass is 441 g/mol. The topological polar surface area (TPSA) is 27.6 Å². The molecular formula is C15H9Cl6N3. The highest BCUT2D eigenvalue weighted by Gasteiger charge is 2.40. The van der Waals surface area contributed by atoms with Crippen LogP contribution in [0.15, 0.2) is 53.1 Å². The fraction of sp³-hybridized carbons (Fsp3) is 0.133. The number of hydrazine groups is 1. The number of nitrogens with zero attached hydrogens (tertiary/aromatic N) is 2. The minimum atomic E-state index is -1.86. The molecule has 2 aromatic rings. The number of halogens is 6. The van der Waals surface area contributed by atoms with Crippen molar-refractivity contribution in [3.05, 3.63) is 53.6 Å². The molecule has 0 radical (unpaired) electrons. The first kappa shape index (κ1) is 18.2. The summed E-state index contributed by atoms with van der Waals surface area (Å²) < 4.78 is -3.61. The molecule has 0 spiro atoms. The van der Waals surface area contributed by atoms with Crippen molar-refractivity contribution in [3.63, 3.8) is 0 Å². The zero-order chi connectivity index (χ0) is 17.5. The highest BCUT2D eigenvalue weighted by atomic mass is 35.6. The molecule has 0 unspecified atom stereocenters. The Hall–Kier alpha value is -0.550. The average molecular weight is 444 g/mol. The van der Waals surface area contributed by atoms with Crippen LogP contribution in [-0.4, -0.2) is 18.9 Å². The Morgan fingerprint density at radius 3 is 2.21 bits per heavy atom. The molecule has 2 aromatic carbocycles. The molecule has 0 fully saturated rings. The number of fused-ring (bicyclic) bond motifs is 1. The van der Waals surface area contributed by atoms with Gasteiger partial charge in [0.15, 0.2) is 0 Å². The first-order chi connectivity index (χ1) is 11.2. The van der Waals surface area contributed by atoms with E-state index in [2.05, 4.69) is 10.6 Å². The summed E-state index contributed by atoms with van der Waals surface area (Å²) in [4.78, 5) is 0. The summed E-state index contributed by atoms with van der Waals surface area (Å²) in [6.45, 7) is 0. The molecule has 9 heteroatoms. The van der Waals surface area contributed by atoms with E-state index in [0.717, 1.165) is 16.3 Å². The van der Waals surface area contributed by atoms with Crippen molar-refractivity contribution in [1.82, 2.24) is 10.5 Å². The number of rotatable bonds is 1. The lowest BCUT2D eigenvalue weighted by atomic mass is 9.99. The van der Waals surface area contributed by atoms with Gasteiger partial charge in [0.25, 0.3) is 3.92 Å². The van der Waals surface area contributed by atoms with Gasteiger partial charge in [-0.2, -0.15) is 5.10 Å². The second kappa shape index (κ2) is 6.64. The van der Waals surface area contributed by atoms with Gasteiger partial charge in [-0.3, -0.25) is 0 Å². The molecule has 1 aliphatic rings. The fourth-order valence-corrected chi connectivity index (χ4v) is 3.25. The number of allylic oxidation sites excluding steroid dienone is 1. The minimum Gasteiger partial charge on any atom is -0.222 e. The number of hydrazone groups is 1. The molecule has 126 valence electrons. The van der Waals surface area contributed by atoms with Gasteiger partial charge in [-0.15, -0.1) is 0 Å². The Morgan fingerprint density at radius 2 is 1.54 bits per heavy atom. The van der Waals surface area contributed by atoms with Gasteiger partial charge in [0.05, 0.1) is 11.9 Å². The normalized spacial score (nSPS) is 15.8. The van der Waals surface area contributed by atoms with Crippen LogP contribution in [-0.2, 0) is 0 Å². The smallest absolute Gasteiger partial charge is 0.222 e. The lowest BCUT2D eigenvalue weighted by molar-refractivity contribution is 0.293. The number of benzene rings is 2. The highest BCUT2D eigenvalue weighted by Crippen LogP contribution is 2.45. The van der Waals surface area contributed by atoms with Crippen molar-refractivity contribution in [2.75, 3.05) is 0 Å². The molecule has 0 saturated carbocycles. The number of nitrogens with one attached hydrogen (secondary N) is 1. The van der Waals surface area contributed by atoms with Crippen molar-refractivity contribution >= 4 is 92.3 Å². The van der Waals surface area contributed by atoms with E-state index < -0.39 is 7.71 Å². The van der Waals surface area contributed by atoms with E-state index in [0.29, 0.717) is 5.70 Å². The SMILES string of the molecule is ClC(Cl)(Cl)C1=C(c2cccc3ccccc23)N(C(Cl)(Cl)Cl)NN=C1. The molecule has 24 heavy (non-hydrogen) atoms. The van der Waals surface area contributed by atoms with E-state index in [4.69, 9.17) is 69.6 Å². The Bertz CT molecular complexity index is 830. The maximum atomic E-state index is 6.12. The predicted molar refractivity (Wildman–Crippen MR) is 105 cm³/mol. The van der Waals surface area contributed by atoms with Crippen molar-refractivity contribution in [3.8, 4) is 0 Å². The number of hydrogen-bond acceptors (Lipinski definition) is 3. The predicted octanol–water partition coefficient (Wildman–Crippen LogP) is 6.05. The molecule has 1 aliphatic heterocycles. The molecule has 3 rings (SSSR count). The Kier molecular flexibility index (Phi) is 5.05. The van der Waals surface area contributed by atoms with Gasteiger partial charge in [-0.05, 0) is 10.8 Å². The summed E-state index contributed by atoms with van der Waals surface area (Å²) in [6.07, 6.45) is 1.40. The van der Waals surface area contributed by atoms with Crippen molar-refractivity contribution < 1.29 is 0 Å². The van der Waals surface area contributed by atoms with Crippen LogP contribution in [0.1, 0.15) is 5.56 Å². The van der Waals surface area contributed by atoms with Crippen molar-refractivity contribution in [2.24, 2.45) is 5.10 Å². The summed E-state index contributed by atoms with van der Waals surface area (Å²) in [5, 5.41) is 7.06. The van der Waals surface area contributed by atoms with E-state index in [-0.39, 0.29) is 5.57 Å². The zero-order valence-electron chi connectivity index (χ0n) is 11.8. The van der Waals surface area contributed by atoms with Gasteiger partial charge >= 0.3 is 0 Å². The van der Waals surface area contributed by atoms with Crippen LogP contribution in [0, 0.1) is 0 Å². The summed E-state index contributed by atoms with van der Waals surface area (Å²) >= 11 is 36.6. The molecule has 0 amide bonds. The van der Waals surface area contributed by atoms with Gasteiger partial charge in [-0.1, -0.05) is 112 Å². The van der Waals surface area contributed by atoms with Gasteiger partial charge in [-0.25, -0.2) is 10.5 Å². The molecule has 0 aliphatic carbocycles. The van der Waals surface area contributed by atoms with Crippen LogP contribution in [0.2, 0.25) is 0 Å². The summed E-state index contributed by atoms with van der Waals surface area (Å²) in [7, 11) is 0. The molecular weight excluding hydrogens is 435 g/mol. The molecule has 0 aromatic heterocycles. The maximum Gasteiger partial charge on any atom is 0.286 e. The third kappa shape index (κ3) is 3.52. The quantitative estimate of drug-likeness (QED) is 0.429. The van der Waals surface area contributed by atoms with E-state index in [1.165, 1.54) is 11.2 Å². The highest BCUT2D eigenvalue weighted by molar-refractivity contribution is 6.71. The minimum absolute atomic E-state index is 0.286. The van der Waals surface area contributed by atoms with E-state index in [9.17, 15) is 0 Å². The van der Waals surface area contributed by atoms with Gasteiger partial charge in [0.1, 0.15) is 0 Å². The van der Waals surface area contributed by atoms with Gasteiger partial charge in [0.2, 0.25) is 3.79 Å². The van der Waals surface area contributed by atoms with Crippen molar-refractivity contribution in [1.29, 1.82) is 0 Å². The van der Waals surface area contributed by atoms with E-state index in [1.54, 1.807) is 0 Å². The Balaban J connectivity index is 2.36. The molecule has 0 saturated heterocycles. The second-order valence-electron chi connectivity index (χ2n) is 4.95. The van der Waals surface area contributed by atoms with Gasteiger partial charge < -0.3 is 0 Å². The van der Waals surface area contributed by atoms with Crippen LogP contribution in [0.3, 0.4) is 0 Å². The molecule has 1 heterocycles. The van der Waals surface area contributed by atoms with Crippen LogP contribution in [0.5, 0.6) is 0 Å². The van der Waals surface area contributed by atoms with E-state index in [1.807, 2.05) is 42.5 Å².